The minimum Gasteiger partial charge on any atom is -0.466 e. The molecule has 2 rings (SSSR count). The number of benzene rings is 1. The smallest absolute Gasteiger partial charge is 0.330 e. The lowest BCUT2D eigenvalue weighted by molar-refractivity contribution is -0.134. The van der Waals surface area contributed by atoms with Crippen LogP contribution in [0, 0.1) is 0 Å². The Labute approximate surface area is 114 Å². The van der Waals surface area contributed by atoms with E-state index in [0.29, 0.717) is 0 Å². The fraction of sp³-hybridized carbons (Fsp3) is 0.308. The first kappa shape index (κ1) is 12.7. The molecule has 1 aromatic carbocycles. The van der Waals surface area contributed by atoms with Crippen LogP contribution >= 0.6 is 27.7 Å². The number of hydrogen-bond donors (Lipinski definition) is 0. The lowest BCUT2D eigenvalue weighted by Gasteiger charge is -2.08. The van der Waals surface area contributed by atoms with E-state index in [1.165, 1.54) is 12.0 Å². The maximum Gasteiger partial charge on any atom is 0.330 e. The van der Waals surface area contributed by atoms with Crippen LogP contribution in [0.15, 0.2) is 33.6 Å². The first-order valence-electron chi connectivity index (χ1n) is 5.42. The summed E-state index contributed by atoms with van der Waals surface area (Å²) in [5, 5.41) is 0. The molecule has 2 nitrogen and oxygen atoms in total. The Balaban J connectivity index is 2.45. The van der Waals surface area contributed by atoms with Gasteiger partial charge in [0.05, 0.1) is 7.11 Å². The van der Waals surface area contributed by atoms with E-state index < -0.39 is 0 Å². The van der Waals surface area contributed by atoms with Crippen molar-refractivity contribution in [2.45, 2.75) is 17.7 Å². The molecule has 4 heteroatoms. The van der Waals surface area contributed by atoms with Crippen molar-refractivity contribution in [3.05, 3.63) is 34.3 Å². The molecule has 90 valence electrons. The molecule has 0 saturated carbocycles. The molecule has 0 aliphatic carbocycles. The number of rotatable bonds is 1. The molecular formula is C13H13BrO2S. The van der Waals surface area contributed by atoms with Crippen molar-refractivity contribution < 1.29 is 9.53 Å². The standard InChI is InChI=1S/C13H13BrO2S/c1-16-13(15)7-9-3-2-6-17-12-5-4-10(14)8-11(9)12/h4-5,7-8H,2-3,6H2,1H3/b9-7-. The number of hydrogen-bond acceptors (Lipinski definition) is 3. The van der Waals surface area contributed by atoms with E-state index in [0.717, 1.165) is 34.2 Å². The third-order valence-electron chi connectivity index (χ3n) is 2.63. The first-order chi connectivity index (χ1) is 8.20. The van der Waals surface area contributed by atoms with Crippen LogP contribution in [-0.2, 0) is 9.53 Å². The maximum atomic E-state index is 11.4. The molecule has 0 spiro atoms. The third kappa shape index (κ3) is 3.13. The Morgan fingerprint density at radius 2 is 2.35 bits per heavy atom. The van der Waals surface area contributed by atoms with Crippen molar-refractivity contribution in [3.8, 4) is 0 Å². The van der Waals surface area contributed by atoms with Crippen LogP contribution in [0.1, 0.15) is 18.4 Å². The third-order valence-corrected chi connectivity index (χ3v) is 4.28. The van der Waals surface area contributed by atoms with Crippen molar-refractivity contribution >= 4 is 39.2 Å². The number of allylic oxidation sites excluding steroid dienone is 1. The maximum absolute atomic E-state index is 11.4. The molecule has 0 fully saturated rings. The zero-order valence-electron chi connectivity index (χ0n) is 9.53. The number of esters is 1. The van der Waals surface area contributed by atoms with Gasteiger partial charge < -0.3 is 4.74 Å². The zero-order valence-corrected chi connectivity index (χ0v) is 11.9. The summed E-state index contributed by atoms with van der Waals surface area (Å²) in [6.07, 6.45) is 3.61. The number of carbonyl (C=O) groups is 1. The predicted molar refractivity (Wildman–Crippen MR) is 74.1 cm³/mol. The number of methoxy groups -OCH3 is 1. The van der Waals surface area contributed by atoms with Gasteiger partial charge in [-0.15, -0.1) is 11.8 Å². The van der Waals surface area contributed by atoms with E-state index in [2.05, 4.69) is 28.1 Å². The quantitative estimate of drug-likeness (QED) is 0.581. The van der Waals surface area contributed by atoms with E-state index in [-0.39, 0.29) is 5.97 Å². The van der Waals surface area contributed by atoms with E-state index in [4.69, 9.17) is 4.74 Å². The molecule has 0 N–H and O–H groups in total. The normalized spacial score (nSPS) is 17.4. The SMILES string of the molecule is COC(=O)/C=C1/CCCSc2ccc(Br)cc21. The van der Waals surface area contributed by atoms with Gasteiger partial charge in [-0.2, -0.15) is 0 Å². The summed E-state index contributed by atoms with van der Waals surface area (Å²) in [6.45, 7) is 0. The Hall–Kier alpha value is -0.740. The van der Waals surface area contributed by atoms with Crippen molar-refractivity contribution in [1.82, 2.24) is 0 Å². The summed E-state index contributed by atoms with van der Waals surface area (Å²) in [7, 11) is 1.41. The van der Waals surface area contributed by atoms with E-state index >= 15 is 0 Å². The van der Waals surface area contributed by atoms with Crippen LogP contribution in [0.5, 0.6) is 0 Å². The van der Waals surface area contributed by atoms with Crippen molar-refractivity contribution in [1.29, 1.82) is 0 Å². The first-order valence-corrected chi connectivity index (χ1v) is 7.20. The van der Waals surface area contributed by atoms with Crippen LogP contribution in [0.4, 0.5) is 0 Å². The van der Waals surface area contributed by atoms with Gasteiger partial charge in [0.2, 0.25) is 0 Å². The van der Waals surface area contributed by atoms with Crippen molar-refractivity contribution in [3.63, 3.8) is 0 Å². The molecular weight excluding hydrogens is 300 g/mol. The summed E-state index contributed by atoms with van der Waals surface area (Å²) in [5.41, 5.74) is 2.21. The minimum atomic E-state index is -0.280. The molecule has 0 saturated heterocycles. The van der Waals surface area contributed by atoms with E-state index in [1.807, 2.05) is 17.8 Å². The number of carbonyl (C=O) groups excluding carboxylic acids is 1. The fourth-order valence-electron chi connectivity index (χ4n) is 1.81. The molecule has 0 bridgehead atoms. The van der Waals surface area contributed by atoms with Gasteiger partial charge in [-0.05, 0) is 47.9 Å². The van der Waals surface area contributed by atoms with Crippen LogP contribution in [0.2, 0.25) is 0 Å². The summed E-state index contributed by atoms with van der Waals surface area (Å²) < 4.78 is 5.74. The largest absolute Gasteiger partial charge is 0.466 e. The Morgan fingerprint density at radius 1 is 1.53 bits per heavy atom. The second-order valence-electron chi connectivity index (χ2n) is 3.79. The highest BCUT2D eigenvalue weighted by molar-refractivity contribution is 9.10. The topological polar surface area (TPSA) is 26.3 Å². The van der Waals surface area contributed by atoms with Gasteiger partial charge in [-0.3, -0.25) is 0 Å². The summed E-state index contributed by atoms with van der Waals surface area (Å²) in [4.78, 5) is 12.6. The Kier molecular flexibility index (Phi) is 4.29. The second kappa shape index (κ2) is 5.74. The number of ether oxygens (including phenoxy) is 1. The number of thioether (sulfide) groups is 1. The lowest BCUT2D eigenvalue weighted by atomic mass is 10.0. The highest BCUT2D eigenvalue weighted by Crippen LogP contribution is 2.36. The Morgan fingerprint density at radius 3 is 3.12 bits per heavy atom. The average Bonchev–Trinajstić information content (AvgIpc) is 2.52. The van der Waals surface area contributed by atoms with E-state index in [1.54, 1.807) is 6.08 Å². The average molecular weight is 313 g/mol. The highest BCUT2D eigenvalue weighted by atomic mass is 79.9. The fourth-order valence-corrected chi connectivity index (χ4v) is 3.19. The summed E-state index contributed by atoms with van der Waals surface area (Å²) in [5.74, 6) is 0.811. The number of halogens is 1. The molecule has 17 heavy (non-hydrogen) atoms. The molecule has 0 aromatic heterocycles. The van der Waals surface area contributed by atoms with Crippen LogP contribution in [0.3, 0.4) is 0 Å². The molecule has 0 amide bonds. The van der Waals surface area contributed by atoms with Gasteiger partial charge in [-0.25, -0.2) is 4.79 Å². The second-order valence-corrected chi connectivity index (χ2v) is 5.84. The molecule has 1 aromatic rings. The molecule has 1 aliphatic rings. The molecule has 1 heterocycles. The van der Waals surface area contributed by atoms with Gasteiger partial charge in [0.1, 0.15) is 0 Å². The van der Waals surface area contributed by atoms with Gasteiger partial charge in [0.15, 0.2) is 0 Å². The van der Waals surface area contributed by atoms with Crippen LogP contribution < -0.4 is 0 Å². The summed E-state index contributed by atoms with van der Waals surface area (Å²) >= 11 is 5.32. The monoisotopic (exact) mass is 312 g/mol. The van der Waals surface area contributed by atoms with Crippen LogP contribution in [-0.4, -0.2) is 18.8 Å². The predicted octanol–water partition coefficient (Wildman–Crippen LogP) is 3.89. The number of fused-ring (bicyclic) bond motifs is 1. The Bertz CT molecular complexity index is 468. The lowest BCUT2D eigenvalue weighted by Crippen LogP contribution is -1.97. The molecule has 1 aliphatic heterocycles. The molecule has 0 atom stereocenters. The van der Waals surface area contributed by atoms with Gasteiger partial charge in [-0.1, -0.05) is 15.9 Å². The zero-order chi connectivity index (χ0) is 12.3. The molecule has 0 radical (unpaired) electrons. The van der Waals surface area contributed by atoms with Gasteiger partial charge in [0, 0.05) is 15.4 Å². The van der Waals surface area contributed by atoms with Crippen molar-refractivity contribution in [2.75, 3.05) is 12.9 Å². The highest BCUT2D eigenvalue weighted by Gasteiger charge is 2.14. The van der Waals surface area contributed by atoms with Crippen LogP contribution in [0.25, 0.3) is 5.57 Å². The van der Waals surface area contributed by atoms with E-state index in [9.17, 15) is 4.79 Å². The molecule has 0 unspecified atom stereocenters. The minimum absolute atomic E-state index is 0.280. The van der Waals surface area contributed by atoms with Gasteiger partial charge in [0.25, 0.3) is 0 Å². The summed E-state index contributed by atoms with van der Waals surface area (Å²) in [6, 6.07) is 6.20. The van der Waals surface area contributed by atoms with Crippen molar-refractivity contribution in [2.24, 2.45) is 0 Å². The van der Waals surface area contributed by atoms with Gasteiger partial charge >= 0.3 is 5.97 Å².